The molecule has 0 fully saturated rings. The third-order valence-corrected chi connectivity index (χ3v) is 7.19. The van der Waals surface area contributed by atoms with Gasteiger partial charge in [-0.2, -0.15) is 0 Å². The van der Waals surface area contributed by atoms with Crippen molar-refractivity contribution in [2.75, 3.05) is 38.1 Å². The van der Waals surface area contributed by atoms with Gasteiger partial charge in [-0.1, -0.05) is 36.4 Å². The van der Waals surface area contributed by atoms with Crippen LogP contribution in [0.2, 0.25) is 0 Å². The molecule has 2 spiro atoms. The van der Waals surface area contributed by atoms with Crippen LogP contribution < -0.4 is 9.80 Å². The Morgan fingerprint density at radius 3 is 1.38 bits per heavy atom. The van der Waals surface area contributed by atoms with Crippen molar-refractivity contribution in [2.45, 2.75) is 10.8 Å². The average Bonchev–Trinajstić information content (AvgIpc) is 3.22. The van der Waals surface area contributed by atoms with Crippen LogP contribution in [0.1, 0.15) is 11.1 Å². The molecule has 2 atom stereocenters. The summed E-state index contributed by atoms with van der Waals surface area (Å²) in [6.45, 7) is 0. The maximum atomic E-state index is 14.4. The van der Waals surface area contributed by atoms with E-state index in [1.54, 1.807) is 62.6 Å². The van der Waals surface area contributed by atoms with E-state index in [4.69, 9.17) is 9.47 Å². The number of likely N-dealkylation sites (N-methyl/N-ethyl adjacent to an activating group) is 2. The number of anilines is 2. The summed E-state index contributed by atoms with van der Waals surface area (Å²) >= 11 is 0. The number of esters is 2. The Morgan fingerprint density at radius 1 is 0.676 bits per heavy atom. The van der Waals surface area contributed by atoms with Crippen molar-refractivity contribution < 1.29 is 28.7 Å². The Bertz CT molecular complexity index is 1260. The molecular weight excluding hydrogens is 436 g/mol. The van der Waals surface area contributed by atoms with Crippen LogP contribution in [0.3, 0.4) is 0 Å². The molecule has 2 aromatic rings. The molecule has 1 aliphatic carbocycles. The van der Waals surface area contributed by atoms with Crippen LogP contribution in [0.5, 0.6) is 0 Å². The number of methoxy groups -OCH3 is 2. The van der Waals surface area contributed by atoms with Gasteiger partial charge < -0.3 is 19.3 Å². The summed E-state index contributed by atoms with van der Waals surface area (Å²) in [7, 11) is 5.61. The number of carbonyl (C=O) groups excluding carboxylic acids is 4. The number of hydrogen-bond donors (Lipinski definition) is 0. The lowest BCUT2D eigenvalue weighted by Gasteiger charge is -2.47. The van der Waals surface area contributed by atoms with Crippen molar-refractivity contribution in [1.82, 2.24) is 0 Å². The molecule has 8 heteroatoms. The Labute approximate surface area is 196 Å². The van der Waals surface area contributed by atoms with Gasteiger partial charge in [-0.3, -0.25) is 9.59 Å². The number of para-hydroxylation sites is 2. The Balaban J connectivity index is 2.04. The lowest BCUT2D eigenvalue weighted by Crippen LogP contribution is -2.64. The number of benzene rings is 2. The van der Waals surface area contributed by atoms with Gasteiger partial charge in [0, 0.05) is 25.5 Å². The second kappa shape index (κ2) is 7.15. The van der Waals surface area contributed by atoms with E-state index in [1.165, 1.54) is 36.2 Å². The predicted molar refractivity (Wildman–Crippen MR) is 123 cm³/mol. The molecule has 2 amide bonds. The normalized spacial score (nSPS) is 24.7. The van der Waals surface area contributed by atoms with Crippen molar-refractivity contribution in [2.24, 2.45) is 0 Å². The maximum absolute atomic E-state index is 14.4. The van der Waals surface area contributed by atoms with E-state index >= 15 is 0 Å². The molecule has 0 unspecified atom stereocenters. The van der Waals surface area contributed by atoms with Crippen LogP contribution >= 0.6 is 0 Å². The number of fused-ring (bicyclic) bond motifs is 5. The van der Waals surface area contributed by atoms with Crippen LogP contribution in [-0.4, -0.2) is 52.1 Å². The fraction of sp³-hybridized carbons (Fsp3) is 0.231. The molecule has 34 heavy (non-hydrogen) atoms. The molecule has 0 saturated heterocycles. The van der Waals surface area contributed by atoms with Gasteiger partial charge in [0.1, 0.15) is 10.8 Å². The molecule has 3 aliphatic rings. The van der Waals surface area contributed by atoms with Crippen LogP contribution in [0.25, 0.3) is 0 Å². The van der Waals surface area contributed by atoms with Gasteiger partial charge >= 0.3 is 11.9 Å². The Morgan fingerprint density at radius 2 is 1.03 bits per heavy atom. The van der Waals surface area contributed by atoms with Crippen molar-refractivity contribution in [1.29, 1.82) is 0 Å². The van der Waals surface area contributed by atoms with Gasteiger partial charge in [-0.25, -0.2) is 9.59 Å². The predicted octanol–water partition coefficient (Wildman–Crippen LogP) is 2.03. The fourth-order valence-electron chi connectivity index (χ4n) is 5.85. The first-order valence-electron chi connectivity index (χ1n) is 10.6. The zero-order valence-electron chi connectivity index (χ0n) is 19.1. The zero-order chi connectivity index (χ0) is 24.4. The molecule has 0 radical (unpaired) electrons. The number of allylic oxidation sites excluding steroid dienone is 2. The minimum atomic E-state index is -1.89. The minimum Gasteiger partial charge on any atom is -0.466 e. The first-order chi connectivity index (χ1) is 16.3. The van der Waals surface area contributed by atoms with Crippen molar-refractivity contribution in [3.05, 3.63) is 83.0 Å². The van der Waals surface area contributed by atoms with Crippen LogP contribution in [-0.2, 0) is 39.5 Å². The maximum Gasteiger partial charge on any atom is 0.335 e. The number of carbonyl (C=O) groups is 4. The second-order valence-corrected chi connectivity index (χ2v) is 8.41. The third-order valence-electron chi connectivity index (χ3n) is 7.19. The van der Waals surface area contributed by atoms with E-state index in [0.717, 1.165) is 0 Å². The monoisotopic (exact) mass is 458 g/mol. The highest BCUT2D eigenvalue weighted by molar-refractivity contribution is 6.27. The summed E-state index contributed by atoms with van der Waals surface area (Å²) in [5.74, 6) is -2.56. The van der Waals surface area contributed by atoms with E-state index < -0.39 is 34.6 Å². The van der Waals surface area contributed by atoms with Crippen LogP contribution in [0.15, 0.2) is 71.8 Å². The molecule has 0 bridgehead atoms. The molecule has 0 N–H and O–H groups in total. The summed E-state index contributed by atoms with van der Waals surface area (Å²) in [6, 6.07) is 13.9. The first-order valence-corrected chi connectivity index (χ1v) is 10.6. The molecule has 2 aliphatic heterocycles. The van der Waals surface area contributed by atoms with E-state index in [0.29, 0.717) is 22.5 Å². The molecular formula is C26H22N2O6. The van der Waals surface area contributed by atoms with Gasteiger partial charge in [0.25, 0.3) is 0 Å². The van der Waals surface area contributed by atoms with E-state index in [9.17, 15) is 19.2 Å². The molecule has 2 heterocycles. The average molecular weight is 458 g/mol. The van der Waals surface area contributed by atoms with Crippen LogP contribution in [0.4, 0.5) is 11.4 Å². The van der Waals surface area contributed by atoms with Gasteiger partial charge in [-0.15, -0.1) is 0 Å². The molecule has 8 nitrogen and oxygen atoms in total. The lowest BCUT2D eigenvalue weighted by molar-refractivity contribution is -0.144. The largest absolute Gasteiger partial charge is 0.466 e. The summed E-state index contributed by atoms with van der Waals surface area (Å²) in [5.41, 5.74) is -1.88. The summed E-state index contributed by atoms with van der Waals surface area (Å²) in [6.07, 6.45) is 2.79. The highest BCUT2D eigenvalue weighted by atomic mass is 16.5. The molecule has 0 saturated carbocycles. The smallest absolute Gasteiger partial charge is 0.335 e. The molecule has 2 aromatic carbocycles. The van der Waals surface area contributed by atoms with E-state index in [2.05, 4.69) is 0 Å². The fourth-order valence-corrected chi connectivity index (χ4v) is 5.85. The topological polar surface area (TPSA) is 93.2 Å². The van der Waals surface area contributed by atoms with Crippen molar-refractivity contribution in [3.63, 3.8) is 0 Å². The van der Waals surface area contributed by atoms with Crippen molar-refractivity contribution in [3.8, 4) is 0 Å². The zero-order valence-corrected chi connectivity index (χ0v) is 19.1. The standard InChI is InChI=1S/C26H22N2O6/c1-27-19-11-7-5-9-15(19)25(23(27)31)17(21(29)33-3)13-14-18(22(30)34-4)26(25)16-10-6-8-12-20(16)28(2)24(26)32/h5-14H,1-4H3/t25-,26+. The van der Waals surface area contributed by atoms with Gasteiger partial charge in [0.05, 0.1) is 25.4 Å². The minimum absolute atomic E-state index is 0.0251. The van der Waals surface area contributed by atoms with Gasteiger partial charge in [0.2, 0.25) is 11.8 Å². The van der Waals surface area contributed by atoms with E-state index in [1.807, 2.05) is 0 Å². The van der Waals surface area contributed by atoms with E-state index in [-0.39, 0.29) is 11.1 Å². The summed E-state index contributed by atoms with van der Waals surface area (Å²) in [4.78, 5) is 58.1. The number of amides is 2. The van der Waals surface area contributed by atoms with Gasteiger partial charge in [0.15, 0.2) is 0 Å². The quantitative estimate of drug-likeness (QED) is 0.640. The number of nitrogens with zero attached hydrogens (tertiary/aromatic N) is 2. The third kappa shape index (κ3) is 2.18. The molecule has 0 aromatic heterocycles. The number of rotatable bonds is 2. The Hall–Kier alpha value is -4.20. The lowest BCUT2D eigenvalue weighted by atomic mass is 9.49. The second-order valence-electron chi connectivity index (χ2n) is 8.41. The van der Waals surface area contributed by atoms with Crippen LogP contribution in [0, 0.1) is 0 Å². The number of ether oxygens (including phenoxy) is 2. The van der Waals surface area contributed by atoms with Crippen molar-refractivity contribution >= 4 is 35.1 Å². The first kappa shape index (κ1) is 21.6. The SMILES string of the molecule is COC(=O)C1=CC=C(C(=O)OC)[C@@]2(C(=O)N(C)c3ccccc32)[C@@]12C(=O)N(C)c1ccccc12. The molecule has 172 valence electrons. The van der Waals surface area contributed by atoms with Gasteiger partial charge in [-0.05, 0) is 35.4 Å². The highest BCUT2D eigenvalue weighted by Gasteiger charge is 2.75. The Kier molecular flexibility index (Phi) is 4.55. The summed E-state index contributed by atoms with van der Waals surface area (Å²) < 4.78 is 10.2. The summed E-state index contributed by atoms with van der Waals surface area (Å²) in [5, 5.41) is 0. The molecule has 5 rings (SSSR count). The highest BCUT2D eigenvalue weighted by Crippen LogP contribution is 2.65. The number of hydrogen-bond acceptors (Lipinski definition) is 6.